The van der Waals surface area contributed by atoms with Gasteiger partial charge in [0.1, 0.15) is 18.3 Å². The molecular weight excluding hydrogens is 297 g/mol. The monoisotopic (exact) mass is 310 g/mol. The molecule has 1 aromatic carbocycles. The number of benzene rings is 1. The van der Waals surface area contributed by atoms with Gasteiger partial charge in [-0.05, 0) is 19.1 Å². The Hall–Kier alpha value is -1.63. The van der Waals surface area contributed by atoms with Crippen LogP contribution >= 0.6 is 11.6 Å². The first-order valence-electron chi connectivity index (χ1n) is 5.67. The molecule has 20 heavy (non-hydrogen) atoms. The molecule has 0 saturated heterocycles. The van der Waals surface area contributed by atoms with Gasteiger partial charge in [-0.15, -0.1) is 0 Å². The van der Waals surface area contributed by atoms with Crippen molar-refractivity contribution in [3.05, 3.63) is 23.2 Å². The van der Waals surface area contributed by atoms with Crippen LogP contribution in [-0.4, -0.2) is 31.8 Å². The lowest BCUT2D eigenvalue weighted by Crippen LogP contribution is -2.42. The van der Waals surface area contributed by atoms with Crippen molar-refractivity contribution >= 4 is 23.2 Å². The minimum Gasteiger partial charge on any atom is -0.497 e. The molecule has 2 N–H and O–H groups in total. The standard InChI is InChI=1S/C12H14ClF3N2O2/c1-7(11(19)17-6-12(14,15)16)18-10-5-8(20-2)3-4-9(10)13/h3-5,7,18H,6H2,1-2H3,(H,17,19). The van der Waals surface area contributed by atoms with E-state index in [2.05, 4.69) is 5.32 Å². The van der Waals surface area contributed by atoms with Crippen LogP contribution in [0.2, 0.25) is 5.02 Å². The molecule has 0 spiro atoms. The normalized spacial score (nSPS) is 12.7. The third-order valence-corrected chi connectivity index (χ3v) is 2.73. The number of methoxy groups -OCH3 is 1. The SMILES string of the molecule is COc1ccc(Cl)c(NC(C)C(=O)NCC(F)(F)F)c1. The molecule has 0 radical (unpaired) electrons. The Kier molecular flexibility index (Phi) is 5.50. The van der Waals surface area contributed by atoms with Crippen molar-refractivity contribution in [2.75, 3.05) is 19.0 Å². The van der Waals surface area contributed by atoms with Gasteiger partial charge in [-0.1, -0.05) is 11.6 Å². The quantitative estimate of drug-likeness (QED) is 0.879. The molecule has 4 nitrogen and oxygen atoms in total. The Morgan fingerprint density at radius 2 is 2.10 bits per heavy atom. The van der Waals surface area contributed by atoms with E-state index in [0.717, 1.165) is 0 Å². The third kappa shape index (κ3) is 5.16. The van der Waals surface area contributed by atoms with Crippen LogP contribution in [0.3, 0.4) is 0 Å². The van der Waals surface area contributed by atoms with Gasteiger partial charge in [0.25, 0.3) is 0 Å². The first kappa shape index (κ1) is 16.4. The average Bonchev–Trinajstić information content (AvgIpc) is 2.37. The van der Waals surface area contributed by atoms with Crippen molar-refractivity contribution in [3.63, 3.8) is 0 Å². The summed E-state index contributed by atoms with van der Waals surface area (Å²) in [6.45, 7) is 0.0607. The molecule has 1 aromatic rings. The summed E-state index contributed by atoms with van der Waals surface area (Å²) in [6, 6.07) is 3.86. The topological polar surface area (TPSA) is 50.4 Å². The number of halogens is 4. The summed E-state index contributed by atoms with van der Waals surface area (Å²) in [4.78, 5) is 11.5. The summed E-state index contributed by atoms with van der Waals surface area (Å²) >= 11 is 5.92. The minimum absolute atomic E-state index is 0.335. The number of alkyl halides is 3. The Balaban J connectivity index is 2.65. The van der Waals surface area contributed by atoms with E-state index in [1.807, 2.05) is 0 Å². The van der Waals surface area contributed by atoms with Crippen molar-refractivity contribution in [3.8, 4) is 5.75 Å². The molecule has 0 heterocycles. The number of rotatable bonds is 5. The summed E-state index contributed by atoms with van der Waals surface area (Å²) in [5, 5.41) is 4.85. The molecule has 8 heteroatoms. The first-order chi connectivity index (χ1) is 9.23. The highest BCUT2D eigenvalue weighted by molar-refractivity contribution is 6.33. The van der Waals surface area contributed by atoms with Gasteiger partial charge >= 0.3 is 6.18 Å². The highest BCUT2D eigenvalue weighted by Gasteiger charge is 2.28. The Labute approximate surface area is 119 Å². The zero-order valence-corrected chi connectivity index (χ0v) is 11.6. The van der Waals surface area contributed by atoms with E-state index < -0.39 is 24.7 Å². The van der Waals surface area contributed by atoms with Crippen molar-refractivity contribution in [2.24, 2.45) is 0 Å². The van der Waals surface area contributed by atoms with Gasteiger partial charge in [0.05, 0.1) is 17.8 Å². The first-order valence-corrected chi connectivity index (χ1v) is 6.05. The molecule has 1 unspecified atom stereocenters. The van der Waals surface area contributed by atoms with E-state index in [9.17, 15) is 18.0 Å². The second-order valence-electron chi connectivity index (χ2n) is 4.04. The molecular formula is C12H14ClF3N2O2. The maximum Gasteiger partial charge on any atom is 0.405 e. The molecule has 0 saturated carbocycles. The number of amides is 1. The average molecular weight is 311 g/mol. The van der Waals surface area contributed by atoms with Crippen LogP contribution in [0.4, 0.5) is 18.9 Å². The van der Waals surface area contributed by atoms with Gasteiger partial charge < -0.3 is 15.4 Å². The van der Waals surface area contributed by atoms with Gasteiger partial charge in [-0.2, -0.15) is 13.2 Å². The van der Waals surface area contributed by atoms with Crippen LogP contribution in [0.5, 0.6) is 5.75 Å². The van der Waals surface area contributed by atoms with Crippen LogP contribution in [-0.2, 0) is 4.79 Å². The molecule has 1 rings (SSSR count). The predicted octanol–water partition coefficient (Wildman–Crippen LogP) is 2.83. The van der Waals surface area contributed by atoms with Crippen molar-refractivity contribution in [1.82, 2.24) is 5.32 Å². The lowest BCUT2D eigenvalue weighted by Gasteiger charge is -2.17. The smallest absolute Gasteiger partial charge is 0.405 e. The summed E-state index contributed by atoms with van der Waals surface area (Å²) in [7, 11) is 1.46. The number of hydrogen-bond donors (Lipinski definition) is 2. The van der Waals surface area contributed by atoms with Crippen molar-refractivity contribution in [1.29, 1.82) is 0 Å². The molecule has 112 valence electrons. The van der Waals surface area contributed by atoms with E-state index in [-0.39, 0.29) is 0 Å². The Morgan fingerprint density at radius 1 is 1.45 bits per heavy atom. The zero-order chi connectivity index (χ0) is 15.3. The fraction of sp³-hybridized carbons (Fsp3) is 0.417. The largest absolute Gasteiger partial charge is 0.497 e. The number of hydrogen-bond acceptors (Lipinski definition) is 3. The molecule has 0 fully saturated rings. The van der Waals surface area contributed by atoms with Crippen LogP contribution in [0.15, 0.2) is 18.2 Å². The third-order valence-electron chi connectivity index (χ3n) is 2.40. The maximum atomic E-state index is 12.0. The molecule has 0 aliphatic rings. The van der Waals surface area contributed by atoms with Crippen LogP contribution in [0, 0.1) is 0 Å². The fourth-order valence-electron chi connectivity index (χ4n) is 1.38. The van der Waals surface area contributed by atoms with E-state index >= 15 is 0 Å². The fourth-order valence-corrected chi connectivity index (χ4v) is 1.55. The molecule has 0 aliphatic carbocycles. The van der Waals surface area contributed by atoms with Crippen LogP contribution in [0.25, 0.3) is 0 Å². The highest BCUT2D eigenvalue weighted by atomic mass is 35.5. The predicted molar refractivity (Wildman–Crippen MR) is 70.2 cm³/mol. The Morgan fingerprint density at radius 3 is 2.65 bits per heavy atom. The maximum absolute atomic E-state index is 12.0. The summed E-state index contributed by atoms with van der Waals surface area (Å²) in [6.07, 6.45) is -4.44. The Bertz CT molecular complexity index is 480. The van der Waals surface area contributed by atoms with Crippen molar-refractivity contribution in [2.45, 2.75) is 19.1 Å². The van der Waals surface area contributed by atoms with Gasteiger partial charge in [-0.25, -0.2) is 0 Å². The van der Waals surface area contributed by atoms with E-state index in [1.165, 1.54) is 14.0 Å². The van der Waals surface area contributed by atoms with Gasteiger partial charge in [0.2, 0.25) is 5.91 Å². The van der Waals surface area contributed by atoms with E-state index in [0.29, 0.717) is 16.5 Å². The minimum atomic E-state index is -4.44. The van der Waals surface area contributed by atoms with E-state index in [1.54, 1.807) is 23.5 Å². The van der Waals surface area contributed by atoms with Gasteiger partial charge in [0.15, 0.2) is 0 Å². The molecule has 0 bridgehead atoms. The lowest BCUT2D eigenvalue weighted by molar-refractivity contribution is -0.138. The zero-order valence-electron chi connectivity index (χ0n) is 10.8. The number of nitrogens with one attached hydrogen (secondary N) is 2. The molecule has 1 atom stereocenters. The number of carbonyl (C=O) groups excluding carboxylic acids is 1. The molecule has 0 aliphatic heterocycles. The second-order valence-corrected chi connectivity index (χ2v) is 4.45. The highest BCUT2D eigenvalue weighted by Crippen LogP contribution is 2.27. The van der Waals surface area contributed by atoms with Gasteiger partial charge in [-0.3, -0.25) is 4.79 Å². The second kappa shape index (κ2) is 6.69. The van der Waals surface area contributed by atoms with Crippen LogP contribution in [0.1, 0.15) is 6.92 Å². The van der Waals surface area contributed by atoms with Crippen LogP contribution < -0.4 is 15.4 Å². The molecule has 1 amide bonds. The number of carbonyl (C=O) groups is 1. The number of ether oxygens (including phenoxy) is 1. The summed E-state index contributed by atoms with van der Waals surface area (Å²) in [5.41, 5.74) is 0.403. The van der Waals surface area contributed by atoms with Crippen molar-refractivity contribution < 1.29 is 22.7 Å². The lowest BCUT2D eigenvalue weighted by atomic mass is 10.2. The molecule has 0 aromatic heterocycles. The van der Waals surface area contributed by atoms with E-state index in [4.69, 9.17) is 16.3 Å². The summed E-state index contributed by atoms with van der Waals surface area (Å²) < 4.78 is 41.0. The number of anilines is 1. The summed E-state index contributed by atoms with van der Waals surface area (Å²) in [5.74, 6) is -0.263. The van der Waals surface area contributed by atoms with Gasteiger partial charge in [0, 0.05) is 6.07 Å².